The molecule has 0 saturated carbocycles. The molecule has 8 atom stereocenters. The molecule has 5 spiro atoms. The summed E-state index contributed by atoms with van der Waals surface area (Å²) in [4.78, 5) is 0. The zero-order chi connectivity index (χ0) is 63.4. The average Bonchev–Trinajstić information content (AvgIpc) is 1.53. The van der Waals surface area contributed by atoms with Gasteiger partial charge in [-0.1, -0.05) is 0 Å². The van der Waals surface area contributed by atoms with Crippen LogP contribution in [-0.2, 0) is 40.3 Å². The van der Waals surface area contributed by atoms with Gasteiger partial charge in [0.25, 0.3) is 0 Å². The van der Waals surface area contributed by atoms with Crippen LogP contribution in [0.5, 0.6) is 0 Å². The van der Waals surface area contributed by atoms with Crippen molar-refractivity contribution in [2.75, 3.05) is 0 Å². The first-order chi connectivity index (χ1) is 44.1. The van der Waals surface area contributed by atoms with Crippen LogP contribution in [0.4, 0.5) is 0 Å². The molecule has 8 aliphatic carbocycles. The molecule has 4 aromatic carbocycles. The van der Waals surface area contributed by atoms with Crippen LogP contribution in [0.1, 0.15) is 175 Å². The molecular weight excluding hydrogens is 1430 g/mol. The van der Waals surface area contributed by atoms with Gasteiger partial charge in [-0.3, -0.25) is 0 Å². The molecule has 0 amide bonds. The van der Waals surface area contributed by atoms with Gasteiger partial charge in [-0.25, -0.2) is 0 Å². The van der Waals surface area contributed by atoms with E-state index >= 15 is 0 Å². The van der Waals surface area contributed by atoms with Crippen molar-refractivity contribution in [2.24, 2.45) is 0 Å². The number of hydrogen-bond donors (Lipinski definition) is 0. The number of unbranched alkanes of at least 4 members (excludes halogenated alkanes) is 4. The molecule has 2 aliphatic heterocycles. The molecular formula is C86H96Cl2Ge2Hf. The topological polar surface area (TPSA) is 0 Å². The van der Waals surface area contributed by atoms with Crippen molar-refractivity contribution in [3.8, 4) is 0 Å². The number of allylic oxidation sites excluding steroid dienone is 32. The van der Waals surface area contributed by atoms with Crippen molar-refractivity contribution < 1.29 is 14.7 Å². The molecule has 2 saturated heterocycles. The second-order valence-electron chi connectivity index (χ2n) is 29.3. The van der Waals surface area contributed by atoms with Gasteiger partial charge in [0.15, 0.2) is 0 Å². The van der Waals surface area contributed by atoms with Crippen LogP contribution in [0.2, 0.25) is 19.5 Å². The number of hydrogen-bond acceptors (Lipinski definition) is 0. The predicted molar refractivity (Wildman–Crippen MR) is 396 cm³/mol. The summed E-state index contributed by atoms with van der Waals surface area (Å²) in [6, 6.07) is 39.0. The van der Waals surface area contributed by atoms with Gasteiger partial charge in [0.1, 0.15) is 0 Å². The van der Waals surface area contributed by atoms with Gasteiger partial charge < -0.3 is 0 Å². The molecule has 10 aliphatic rings. The van der Waals surface area contributed by atoms with Crippen LogP contribution in [0.25, 0.3) is 0 Å². The van der Waals surface area contributed by atoms with E-state index in [1.165, 1.54) is 163 Å². The number of halogens is 2. The first-order valence-electron chi connectivity index (χ1n) is 35.3. The second kappa shape index (κ2) is 23.6. The zero-order valence-electron chi connectivity index (χ0n) is 56.0. The molecule has 2 fully saturated rings. The first kappa shape index (κ1) is 63.6. The third-order valence-corrected chi connectivity index (χ3v) is 205. The standard InChI is InChI=1S/2C43H48Ge.2ClH.Hf/c2*1-6-8-14-32-20-24-34(25-21-32)36-16-10-12-18-38-40(36)28-30(3)42(38)44(5)43-31(4)29-41-37(17-11-13-19-39(41)43)35-26-22-33(23-27-35)15-9-7-2;;;/h2*10-13,16-29,36-37,44H,6-9,14-15H2,1-5H3;2*1H;/q;;;;+2/p-2. The van der Waals surface area contributed by atoms with Crippen molar-refractivity contribution in [3.63, 3.8) is 0 Å². The van der Waals surface area contributed by atoms with Gasteiger partial charge in [0.05, 0.1) is 0 Å². The van der Waals surface area contributed by atoms with E-state index in [0.717, 1.165) is 25.7 Å². The summed E-state index contributed by atoms with van der Waals surface area (Å²) in [5.74, 6) is 5.83. The van der Waals surface area contributed by atoms with E-state index in [1.807, 2.05) is 0 Å². The van der Waals surface area contributed by atoms with E-state index in [9.17, 15) is 17.2 Å². The molecule has 0 aromatic heterocycles. The van der Waals surface area contributed by atoms with Gasteiger partial charge in [-0.05, 0) is 0 Å². The summed E-state index contributed by atoms with van der Waals surface area (Å²) in [6.07, 6.45) is 64.4. The average molecular weight is 1520 g/mol. The number of rotatable bonds is 16. The minimum absolute atomic E-state index is 0.0329. The molecule has 0 bridgehead atoms. The van der Waals surface area contributed by atoms with Gasteiger partial charge in [-0.2, -0.15) is 0 Å². The Morgan fingerprint density at radius 3 is 0.736 bits per heavy atom. The fourth-order valence-electron chi connectivity index (χ4n) is 23.0. The molecule has 0 N–H and O–H groups in total. The van der Waals surface area contributed by atoms with Crippen LogP contribution in [0.3, 0.4) is 0 Å². The Morgan fingerprint density at radius 1 is 0.330 bits per heavy atom. The van der Waals surface area contributed by atoms with E-state index in [2.05, 4.69) is 285 Å². The summed E-state index contributed by atoms with van der Waals surface area (Å²) in [5, 5.41) is 0. The predicted octanol–water partition coefficient (Wildman–Crippen LogP) is 24.1. The molecule has 466 valence electrons. The Hall–Kier alpha value is -4.74. The Balaban J connectivity index is 1.13. The molecule has 2 heterocycles. The summed E-state index contributed by atoms with van der Waals surface area (Å²) in [5.41, 5.74) is 28.3. The number of fused-ring (bicyclic) bond motifs is 8. The molecule has 14 rings (SSSR count). The fourth-order valence-corrected chi connectivity index (χ4v) is 306. The van der Waals surface area contributed by atoms with Crippen molar-refractivity contribution in [1.29, 1.82) is 0 Å². The van der Waals surface area contributed by atoms with Crippen LogP contribution in [0, 0.1) is 0 Å². The Bertz CT molecular complexity index is 3660. The van der Waals surface area contributed by atoms with Crippen molar-refractivity contribution in [1.82, 2.24) is 0 Å². The van der Waals surface area contributed by atoms with Crippen molar-refractivity contribution >= 4 is 45.9 Å². The molecule has 4 aromatic rings. The van der Waals surface area contributed by atoms with Gasteiger partial charge in [-0.15, -0.1) is 0 Å². The molecule has 5 heteroatoms. The second-order valence-corrected chi connectivity index (χ2v) is 99.8. The van der Waals surface area contributed by atoms with Crippen LogP contribution in [-0.4, -0.2) is 28.7 Å². The van der Waals surface area contributed by atoms with Gasteiger partial charge in [0, 0.05) is 0 Å². The zero-order valence-corrected chi connectivity index (χ0v) is 65.9. The van der Waals surface area contributed by atoms with Crippen LogP contribution < -0.4 is 0 Å². The summed E-state index contributed by atoms with van der Waals surface area (Å²) < 4.78 is -2.37. The minimum atomic E-state index is -7.70. The normalized spacial score (nSPS) is 32.0. The maximum absolute atomic E-state index is 11.5. The monoisotopic (exact) mass is 1530 g/mol. The fraction of sp³-hybridized carbons (Fsp3) is 0.349. The van der Waals surface area contributed by atoms with Crippen LogP contribution in [0.15, 0.2) is 285 Å². The van der Waals surface area contributed by atoms with E-state index in [-0.39, 0.29) is 23.7 Å². The molecule has 0 radical (unpaired) electrons. The summed E-state index contributed by atoms with van der Waals surface area (Å²) >= 11 is -14.4. The van der Waals surface area contributed by atoms with Gasteiger partial charge >= 0.3 is 566 Å². The molecule has 91 heavy (non-hydrogen) atoms. The third-order valence-electron chi connectivity index (χ3n) is 25.8. The Morgan fingerprint density at radius 2 is 0.538 bits per heavy atom. The van der Waals surface area contributed by atoms with E-state index in [4.69, 9.17) is 0 Å². The summed E-state index contributed by atoms with van der Waals surface area (Å²) in [7, 11) is 23.0. The van der Waals surface area contributed by atoms with E-state index in [0.29, 0.717) is 0 Å². The summed E-state index contributed by atoms with van der Waals surface area (Å²) in [6.45, 7) is 19.5. The van der Waals surface area contributed by atoms with Crippen molar-refractivity contribution in [2.45, 2.75) is 176 Å². The molecule has 0 nitrogen and oxygen atoms in total. The van der Waals surface area contributed by atoms with E-state index in [1.54, 1.807) is 0 Å². The SMILES string of the molecule is CCCCc1ccc(C2C=CC=CC3=C2C=C(C)[C]32[GeH]([CH3])[C]3(C(C)=CC4=C3C=CC=CC4c3ccc(CCCC)cc3)[Hf]23([Cl])([Cl])[C]2(C(C)=CC4=C2C=CC=CC4c2ccc(CCCC)cc2)[GeH]([CH3])[C]32C(C)=CC3=C2C=CC=CC3c2ccc(CCCC)cc2)cc1. The quantitative estimate of drug-likeness (QED) is 0.0981. The van der Waals surface area contributed by atoms with Gasteiger partial charge in [0.2, 0.25) is 0 Å². The Kier molecular flexibility index (Phi) is 16.5. The number of benzene rings is 4. The molecule has 8 unspecified atom stereocenters. The number of aryl methyl sites for hydroxylation is 4. The first-order valence-corrected chi connectivity index (χ1v) is 61.1. The van der Waals surface area contributed by atoms with Crippen molar-refractivity contribution in [3.05, 3.63) is 330 Å². The van der Waals surface area contributed by atoms with Crippen LogP contribution >= 0.6 is 17.2 Å². The third kappa shape index (κ3) is 7.80. The van der Waals surface area contributed by atoms with E-state index < -0.39 is 51.4 Å². The maximum atomic E-state index is 11.5. The Labute approximate surface area is 560 Å².